The summed E-state index contributed by atoms with van der Waals surface area (Å²) in [6.45, 7) is 6.28. The summed E-state index contributed by atoms with van der Waals surface area (Å²) in [5.41, 5.74) is 3.93. The van der Waals surface area contributed by atoms with Gasteiger partial charge in [0.2, 0.25) is 5.79 Å². The first-order chi connectivity index (χ1) is 31.6. The lowest BCUT2D eigenvalue weighted by Gasteiger charge is -2.54. The minimum absolute atomic E-state index is 0.105. The highest BCUT2D eigenvalue weighted by Crippen LogP contribution is 2.49. The van der Waals surface area contributed by atoms with E-state index in [4.69, 9.17) is 42.6 Å². The molecule has 0 bridgehead atoms. The Morgan fingerprint density at radius 2 is 1.06 bits per heavy atom. The zero-order valence-corrected chi connectivity index (χ0v) is 37.8. The maximum atomic E-state index is 14.0. The molecule has 1 spiro atoms. The van der Waals surface area contributed by atoms with Crippen LogP contribution in [0.5, 0.6) is 0 Å². The van der Waals surface area contributed by atoms with Gasteiger partial charge in [0.15, 0.2) is 24.1 Å². The van der Waals surface area contributed by atoms with Crippen LogP contribution in [0.15, 0.2) is 162 Å². The second kappa shape index (κ2) is 21.8. The summed E-state index contributed by atoms with van der Waals surface area (Å²) in [6.07, 6.45) is -5.27. The van der Waals surface area contributed by atoms with Crippen molar-refractivity contribution in [2.45, 2.75) is 96.2 Å². The number of carbonyl (C=O) groups excluding carboxylic acids is 2. The number of benzene rings is 5. The van der Waals surface area contributed by atoms with E-state index in [2.05, 4.69) is 0 Å². The van der Waals surface area contributed by atoms with Crippen LogP contribution in [-0.2, 0) is 85.3 Å². The van der Waals surface area contributed by atoms with Gasteiger partial charge in [0.05, 0.1) is 50.8 Å². The highest BCUT2D eigenvalue weighted by atomic mass is 32.2. The quantitative estimate of drug-likeness (QED) is 0.0781. The first-order valence-electron chi connectivity index (χ1n) is 22.0. The van der Waals surface area contributed by atoms with Crippen molar-refractivity contribution in [3.63, 3.8) is 0 Å². The lowest BCUT2D eigenvalue weighted by atomic mass is 9.91. The highest BCUT2D eigenvalue weighted by Gasteiger charge is 2.62. The average Bonchev–Trinajstić information content (AvgIpc) is 3.33. The van der Waals surface area contributed by atoms with Gasteiger partial charge in [-0.1, -0.05) is 152 Å². The van der Waals surface area contributed by atoms with Crippen LogP contribution < -0.4 is 0 Å². The van der Waals surface area contributed by atoms with E-state index in [1.54, 1.807) is 20.8 Å². The van der Waals surface area contributed by atoms with Gasteiger partial charge in [0.25, 0.3) is 0 Å². The Hall–Kier alpha value is -5.31. The molecule has 5 aromatic carbocycles. The molecule has 0 saturated carbocycles. The van der Waals surface area contributed by atoms with Gasteiger partial charge in [0, 0.05) is 0 Å². The van der Waals surface area contributed by atoms with Crippen LogP contribution in [-0.4, -0.2) is 73.3 Å². The molecule has 65 heavy (non-hydrogen) atoms. The minimum Gasteiger partial charge on any atom is -0.461 e. The summed E-state index contributed by atoms with van der Waals surface area (Å²) < 4.78 is 60.4. The summed E-state index contributed by atoms with van der Waals surface area (Å²) in [7, 11) is 0. The number of rotatable bonds is 18. The van der Waals surface area contributed by atoms with Crippen molar-refractivity contribution in [1.82, 2.24) is 0 Å². The number of hydrogen-bond acceptors (Lipinski definition) is 12. The number of ether oxygens (including phenoxy) is 9. The van der Waals surface area contributed by atoms with Gasteiger partial charge in [0.1, 0.15) is 29.8 Å². The Labute approximate surface area is 385 Å². The van der Waals surface area contributed by atoms with E-state index in [-0.39, 0.29) is 56.1 Å². The molecular formula is C53H56O11S. The number of esters is 2. The van der Waals surface area contributed by atoms with E-state index in [9.17, 15) is 9.59 Å². The Bertz CT molecular complexity index is 2310. The molecule has 0 aliphatic carbocycles. The van der Waals surface area contributed by atoms with E-state index in [0.29, 0.717) is 6.61 Å². The zero-order chi connectivity index (χ0) is 45.1. The third kappa shape index (κ3) is 11.9. The molecule has 3 heterocycles. The molecule has 0 aromatic heterocycles. The standard InChI is InChI=1S/C53H56O11S/c1-52(2,3)51(55)61-35-42-44(57-30-38-21-11-5-12-22-38)46-48(50(54)62-42)65-36-53(64-46)49(60-33-41-27-17-8-18-28-41)47(59-32-40-25-15-7-16-26-40)45(58-31-39-23-13-6-14-24-39)43(63-53)34-56-29-37-19-9-4-10-20-37/h4-28,42-45,47,49H,29-36H2,1-3H3/t42-,43-,44+,45-,47+,49-,53?/m0/s1. The fourth-order valence-corrected chi connectivity index (χ4v) is 8.93. The Kier molecular flexibility index (Phi) is 15.5. The predicted octanol–water partition coefficient (Wildman–Crippen LogP) is 9.13. The smallest absolute Gasteiger partial charge is 0.348 e. The molecule has 5 aromatic rings. The number of cyclic esters (lactones) is 1. The molecule has 0 N–H and O–H groups in total. The summed E-state index contributed by atoms with van der Waals surface area (Å²) in [6, 6.07) is 49.3. The Morgan fingerprint density at radius 3 is 1.57 bits per heavy atom. The average molecular weight is 901 g/mol. The maximum absolute atomic E-state index is 14.0. The number of carbonyl (C=O) groups is 2. The number of hydrogen-bond donors (Lipinski definition) is 0. The second-order valence-electron chi connectivity index (χ2n) is 17.3. The predicted molar refractivity (Wildman–Crippen MR) is 245 cm³/mol. The van der Waals surface area contributed by atoms with Crippen LogP contribution in [0.4, 0.5) is 0 Å². The van der Waals surface area contributed by atoms with E-state index in [0.717, 1.165) is 27.8 Å². The summed E-state index contributed by atoms with van der Waals surface area (Å²) in [5.74, 6) is -2.34. The van der Waals surface area contributed by atoms with Gasteiger partial charge in [-0.15, -0.1) is 11.8 Å². The van der Waals surface area contributed by atoms with Crippen LogP contribution in [0.1, 0.15) is 48.6 Å². The fourth-order valence-electron chi connectivity index (χ4n) is 7.83. The Morgan fingerprint density at radius 1 is 0.600 bits per heavy atom. The van der Waals surface area contributed by atoms with Crippen LogP contribution in [0, 0.1) is 5.41 Å². The summed E-state index contributed by atoms with van der Waals surface area (Å²) in [4.78, 5) is 27.3. The first kappa shape index (κ1) is 46.2. The van der Waals surface area contributed by atoms with Crippen molar-refractivity contribution in [2.24, 2.45) is 5.41 Å². The third-order valence-corrected chi connectivity index (χ3v) is 12.4. The highest BCUT2D eigenvalue weighted by molar-refractivity contribution is 8.04. The topological polar surface area (TPSA) is 117 Å². The molecule has 0 amide bonds. The van der Waals surface area contributed by atoms with Gasteiger partial charge in [-0.2, -0.15) is 0 Å². The molecule has 12 heteroatoms. The summed E-state index contributed by atoms with van der Waals surface area (Å²) in [5, 5.41) is 0. The largest absolute Gasteiger partial charge is 0.461 e. The van der Waals surface area contributed by atoms with Gasteiger partial charge in [-0.05, 0) is 48.6 Å². The monoisotopic (exact) mass is 900 g/mol. The van der Waals surface area contributed by atoms with Crippen molar-refractivity contribution < 1.29 is 52.2 Å². The van der Waals surface area contributed by atoms with E-state index >= 15 is 0 Å². The molecule has 0 radical (unpaired) electrons. The third-order valence-electron chi connectivity index (χ3n) is 11.2. The van der Waals surface area contributed by atoms with Gasteiger partial charge >= 0.3 is 11.9 Å². The molecule has 7 atom stereocenters. The Balaban J connectivity index is 1.19. The minimum atomic E-state index is -1.59. The van der Waals surface area contributed by atoms with E-state index < -0.39 is 59.8 Å². The summed E-state index contributed by atoms with van der Waals surface area (Å²) >= 11 is 1.24. The van der Waals surface area contributed by atoms with Crippen molar-refractivity contribution in [3.8, 4) is 0 Å². The maximum Gasteiger partial charge on any atom is 0.348 e. The second-order valence-corrected chi connectivity index (χ2v) is 18.3. The van der Waals surface area contributed by atoms with Crippen LogP contribution >= 0.6 is 11.8 Å². The van der Waals surface area contributed by atoms with Crippen LogP contribution in [0.2, 0.25) is 0 Å². The van der Waals surface area contributed by atoms with Crippen LogP contribution in [0.25, 0.3) is 0 Å². The molecule has 1 fully saturated rings. The molecule has 3 aliphatic rings. The van der Waals surface area contributed by atoms with Crippen molar-refractivity contribution in [2.75, 3.05) is 19.0 Å². The lowest BCUT2D eigenvalue weighted by molar-refractivity contribution is -0.369. The zero-order valence-electron chi connectivity index (χ0n) is 37.0. The fraction of sp³-hybridized carbons (Fsp3) is 0.358. The van der Waals surface area contributed by atoms with E-state index in [1.807, 2.05) is 152 Å². The molecule has 11 nitrogen and oxygen atoms in total. The molecule has 1 saturated heterocycles. The SMILES string of the molecule is CC(C)(C)C(=O)OC[C@@H]1OC(=O)C2=C(OC3(CS2)O[C@@H](COCc2ccccc2)[C@H](OCc2ccccc2)[C@@H](OCc2ccccc2)[C@@H]3OCc2ccccc2)[C@@H]1OCc1ccccc1. The van der Waals surface area contributed by atoms with Gasteiger partial charge in [-0.25, -0.2) is 4.79 Å². The van der Waals surface area contributed by atoms with Crippen LogP contribution in [0.3, 0.4) is 0 Å². The van der Waals surface area contributed by atoms with Crippen molar-refractivity contribution in [3.05, 3.63) is 190 Å². The number of thioether (sulfide) groups is 1. The van der Waals surface area contributed by atoms with Gasteiger partial charge < -0.3 is 42.6 Å². The van der Waals surface area contributed by atoms with Crippen molar-refractivity contribution >= 4 is 23.7 Å². The molecule has 1 unspecified atom stereocenters. The molecule has 340 valence electrons. The first-order valence-corrected chi connectivity index (χ1v) is 23.0. The van der Waals surface area contributed by atoms with Gasteiger partial charge in [-0.3, -0.25) is 4.79 Å². The lowest BCUT2D eigenvalue weighted by Crippen LogP contribution is -2.70. The molecular weight excluding hydrogens is 845 g/mol. The molecule has 8 rings (SSSR count). The van der Waals surface area contributed by atoms with Crippen molar-refractivity contribution in [1.29, 1.82) is 0 Å². The molecule has 3 aliphatic heterocycles. The normalized spacial score (nSPS) is 24.2. The van der Waals surface area contributed by atoms with E-state index in [1.165, 1.54) is 11.8 Å².